The second-order valence-electron chi connectivity index (χ2n) is 3.19. The molecule has 1 N–H and O–H groups in total. The van der Waals surface area contributed by atoms with Crippen LogP contribution in [0, 0.1) is 19.3 Å². The monoisotopic (exact) mass is 207 g/mol. The van der Waals surface area contributed by atoms with Gasteiger partial charge in [-0.05, 0) is 26.0 Å². The number of amides is 1. The number of hydrogen-bond donors (Lipinski definition) is 1. The van der Waals surface area contributed by atoms with Gasteiger partial charge in [0, 0.05) is 17.3 Å². The fourth-order valence-electron chi connectivity index (χ4n) is 1.08. The lowest BCUT2D eigenvalue weighted by Crippen LogP contribution is -2.31. The Labute approximate surface area is 88.3 Å². The van der Waals surface area contributed by atoms with Gasteiger partial charge in [-0.2, -0.15) is 0 Å². The minimum absolute atomic E-state index is 0.0362. The van der Waals surface area contributed by atoms with E-state index in [0.29, 0.717) is 6.42 Å². The standard InChI is InChI=1S/C11H13NOS/c1-4-5-8(2)12-11(13)10-7-6-9(3)14-10/h1,6-8H,5H2,2-3H3,(H,12,13). The zero-order valence-corrected chi connectivity index (χ0v) is 9.15. The third kappa shape index (κ3) is 2.90. The summed E-state index contributed by atoms with van der Waals surface area (Å²) in [7, 11) is 0. The molecule has 0 saturated heterocycles. The molecule has 0 fully saturated rings. The maximum absolute atomic E-state index is 11.6. The highest BCUT2D eigenvalue weighted by Crippen LogP contribution is 2.14. The largest absolute Gasteiger partial charge is 0.348 e. The predicted octanol–water partition coefficient (Wildman–Crippen LogP) is 2.20. The van der Waals surface area contributed by atoms with Crippen LogP contribution in [0.1, 0.15) is 27.9 Å². The van der Waals surface area contributed by atoms with Crippen molar-refractivity contribution >= 4 is 17.2 Å². The zero-order chi connectivity index (χ0) is 10.6. The molecule has 0 spiro atoms. The molecular weight excluding hydrogens is 194 g/mol. The van der Waals surface area contributed by atoms with Crippen LogP contribution in [0.25, 0.3) is 0 Å². The first kappa shape index (κ1) is 10.8. The second kappa shape index (κ2) is 4.83. The second-order valence-corrected chi connectivity index (χ2v) is 4.48. The molecule has 0 aliphatic rings. The normalized spacial score (nSPS) is 11.8. The molecule has 0 aliphatic heterocycles. The first-order valence-corrected chi connectivity index (χ1v) is 5.26. The molecule has 1 aromatic heterocycles. The van der Waals surface area contributed by atoms with Crippen LogP contribution in [-0.4, -0.2) is 11.9 Å². The number of hydrogen-bond acceptors (Lipinski definition) is 2. The first-order chi connectivity index (χ1) is 6.63. The van der Waals surface area contributed by atoms with Crippen LogP contribution in [0.4, 0.5) is 0 Å². The van der Waals surface area contributed by atoms with Gasteiger partial charge in [-0.1, -0.05) is 0 Å². The molecule has 74 valence electrons. The molecule has 1 amide bonds. The van der Waals surface area contributed by atoms with E-state index in [9.17, 15) is 4.79 Å². The van der Waals surface area contributed by atoms with E-state index in [4.69, 9.17) is 6.42 Å². The molecule has 3 heteroatoms. The van der Waals surface area contributed by atoms with Crippen molar-refractivity contribution in [1.82, 2.24) is 5.32 Å². The van der Waals surface area contributed by atoms with Crippen LogP contribution >= 0.6 is 11.3 Å². The van der Waals surface area contributed by atoms with Gasteiger partial charge in [0.15, 0.2) is 0 Å². The average Bonchev–Trinajstić information content (AvgIpc) is 2.52. The SMILES string of the molecule is C#CCC(C)NC(=O)c1ccc(C)s1. The van der Waals surface area contributed by atoms with Gasteiger partial charge >= 0.3 is 0 Å². The van der Waals surface area contributed by atoms with E-state index in [0.717, 1.165) is 9.75 Å². The quantitative estimate of drug-likeness (QED) is 0.756. The Kier molecular flexibility index (Phi) is 3.73. The Balaban J connectivity index is 2.55. The molecule has 0 bridgehead atoms. The molecule has 2 nitrogen and oxygen atoms in total. The van der Waals surface area contributed by atoms with Crippen LogP contribution in [0.2, 0.25) is 0 Å². The highest BCUT2D eigenvalue weighted by atomic mass is 32.1. The molecule has 0 aliphatic carbocycles. The van der Waals surface area contributed by atoms with Gasteiger partial charge in [0.2, 0.25) is 0 Å². The molecule has 0 radical (unpaired) electrons. The summed E-state index contributed by atoms with van der Waals surface area (Å²) in [4.78, 5) is 13.5. The van der Waals surface area contributed by atoms with E-state index in [2.05, 4.69) is 11.2 Å². The number of carbonyl (C=O) groups is 1. The van der Waals surface area contributed by atoms with E-state index in [1.807, 2.05) is 26.0 Å². The first-order valence-electron chi connectivity index (χ1n) is 4.44. The van der Waals surface area contributed by atoms with E-state index in [1.165, 1.54) is 11.3 Å². The van der Waals surface area contributed by atoms with Crippen molar-refractivity contribution in [3.63, 3.8) is 0 Å². The average molecular weight is 207 g/mol. The Morgan fingerprint density at radius 3 is 2.93 bits per heavy atom. The van der Waals surface area contributed by atoms with Crippen LogP contribution in [0.3, 0.4) is 0 Å². The summed E-state index contributed by atoms with van der Waals surface area (Å²) >= 11 is 1.49. The maximum Gasteiger partial charge on any atom is 0.261 e. The van der Waals surface area contributed by atoms with Crippen LogP contribution in [0.5, 0.6) is 0 Å². The molecule has 14 heavy (non-hydrogen) atoms. The van der Waals surface area contributed by atoms with Crippen molar-refractivity contribution in [3.05, 3.63) is 21.9 Å². The van der Waals surface area contributed by atoms with Crippen molar-refractivity contribution in [2.24, 2.45) is 0 Å². The maximum atomic E-state index is 11.6. The van der Waals surface area contributed by atoms with Gasteiger partial charge in [0.25, 0.3) is 5.91 Å². The van der Waals surface area contributed by atoms with Crippen molar-refractivity contribution in [2.75, 3.05) is 0 Å². The lowest BCUT2D eigenvalue weighted by molar-refractivity contribution is 0.0945. The van der Waals surface area contributed by atoms with Crippen LogP contribution < -0.4 is 5.32 Å². The number of rotatable bonds is 3. The molecule has 1 heterocycles. The Morgan fingerprint density at radius 2 is 2.43 bits per heavy atom. The molecule has 1 atom stereocenters. The molecule has 0 aromatic carbocycles. The number of thiophene rings is 1. The van der Waals surface area contributed by atoms with Crippen molar-refractivity contribution in [1.29, 1.82) is 0 Å². The van der Waals surface area contributed by atoms with Gasteiger partial charge < -0.3 is 5.32 Å². The minimum Gasteiger partial charge on any atom is -0.348 e. The van der Waals surface area contributed by atoms with Gasteiger partial charge in [0.1, 0.15) is 0 Å². The van der Waals surface area contributed by atoms with Crippen LogP contribution in [-0.2, 0) is 0 Å². The number of nitrogens with one attached hydrogen (secondary N) is 1. The third-order valence-electron chi connectivity index (χ3n) is 1.77. The molecule has 1 rings (SSSR count). The highest BCUT2D eigenvalue weighted by molar-refractivity contribution is 7.13. The summed E-state index contributed by atoms with van der Waals surface area (Å²) in [6.07, 6.45) is 5.71. The summed E-state index contributed by atoms with van der Waals surface area (Å²) < 4.78 is 0. The summed E-state index contributed by atoms with van der Waals surface area (Å²) in [6.45, 7) is 3.88. The Hall–Kier alpha value is -1.27. The lowest BCUT2D eigenvalue weighted by atomic mass is 10.2. The van der Waals surface area contributed by atoms with E-state index in [-0.39, 0.29) is 11.9 Å². The van der Waals surface area contributed by atoms with E-state index >= 15 is 0 Å². The molecular formula is C11H13NOS. The van der Waals surface area contributed by atoms with Crippen molar-refractivity contribution < 1.29 is 4.79 Å². The fourth-order valence-corrected chi connectivity index (χ4v) is 1.85. The predicted molar refractivity (Wildman–Crippen MR) is 59.4 cm³/mol. The molecule has 1 unspecified atom stereocenters. The van der Waals surface area contributed by atoms with Gasteiger partial charge in [-0.3, -0.25) is 4.79 Å². The topological polar surface area (TPSA) is 29.1 Å². The highest BCUT2D eigenvalue weighted by Gasteiger charge is 2.10. The zero-order valence-electron chi connectivity index (χ0n) is 8.33. The fraction of sp³-hybridized carbons (Fsp3) is 0.364. The number of aryl methyl sites for hydroxylation is 1. The Bertz CT molecular complexity index is 362. The number of terminal acetylenes is 1. The summed E-state index contributed by atoms with van der Waals surface area (Å²) in [5.74, 6) is 2.48. The lowest BCUT2D eigenvalue weighted by Gasteiger charge is -2.09. The number of carbonyl (C=O) groups excluding carboxylic acids is 1. The molecule has 1 aromatic rings. The summed E-state index contributed by atoms with van der Waals surface area (Å²) in [5.41, 5.74) is 0. The van der Waals surface area contributed by atoms with E-state index in [1.54, 1.807) is 0 Å². The molecule has 0 saturated carbocycles. The van der Waals surface area contributed by atoms with Gasteiger partial charge in [-0.15, -0.1) is 23.7 Å². The summed E-state index contributed by atoms with van der Waals surface area (Å²) in [5, 5.41) is 2.84. The summed E-state index contributed by atoms with van der Waals surface area (Å²) in [6, 6.07) is 3.80. The van der Waals surface area contributed by atoms with Gasteiger partial charge in [0.05, 0.1) is 4.88 Å². The van der Waals surface area contributed by atoms with E-state index < -0.39 is 0 Å². The minimum atomic E-state index is -0.0362. The van der Waals surface area contributed by atoms with Crippen LogP contribution in [0.15, 0.2) is 12.1 Å². The smallest absolute Gasteiger partial charge is 0.261 e. The third-order valence-corrected chi connectivity index (χ3v) is 2.77. The van der Waals surface area contributed by atoms with Crippen molar-refractivity contribution in [3.8, 4) is 12.3 Å². The van der Waals surface area contributed by atoms with Crippen molar-refractivity contribution in [2.45, 2.75) is 26.3 Å². The van der Waals surface area contributed by atoms with Gasteiger partial charge in [-0.25, -0.2) is 0 Å². The Morgan fingerprint density at radius 1 is 1.71 bits per heavy atom.